The van der Waals surface area contributed by atoms with Crippen LogP contribution in [0.3, 0.4) is 0 Å². The molecule has 0 saturated heterocycles. The summed E-state index contributed by atoms with van der Waals surface area (Å²) in [6, 6.07) is 0. The molecule has 0 aromatic carbocycles. The average molecular weight is 117 g/mol. The Morgan fingerprint density at radius 1 is 1.50 bits per heavy atom. The van der Waals surface area contributed by atoms with Gasteiger partial charge in [-0.1, -0.05) is 13.8 Å². The maximum Gasteiger partial charge on any atom is 0.0525 e. The third-order valence-electron chi connectivity index (χ3n) is 1.09. The Morgan fingerprint density at radius 3 is 2.12 bits per heavy atom. The van der Waals surface area contributed by atoms with Gasteiger partial charge in [0.2, 0.25) is 0 Å². The second-order valence-corrected chi connectivity index (χ2v) is 2.80. The number of rotatable bonds is 3. The van der Waals surface area contributed by atoms with Gasteiger partial charge >= 0.3 is 0 Å². The highest BCUT2D eigenvalue weighted by Crippen LogP contribution is 2.11. The van der Waals surface area contributed by atoms with E-state index in [4.69, 9.17) is 10.5 Å². The van der Waals surface area contributed by atoms with Crippen molar-refractivity contribution in [3.63, 3.8) is 0 Å². The fraction of sp³-hybridized carbons (Fsp3) is 1.00. The Bertz CT molecular complexity index is 61.5. The summed E-state index contributed by atoms with van der Waals surface area (Å²) in [6.07, 6.45) is 0. The summed E-state index contributed by atoms with van der Waals surface area (Å²) >= 11 is 0. The van der Waals surface area contributed by atoms with E-state index in [-0.39, 0.29) is 5.41 Å². The third-order valence-corrected chi connectivity index (χ3v) is 1.09. The molecule has 0 atom stereocenters. The summed E-state index contributed by atoms with van der Waals surface area (Å²) in [6.45, 7) is 5.58. The molecular formula is C6H15NO. The molecule has 0 aliphatic carbocycles. The molecular weight excluding hydrogens is 102 g/mol. The van der Waals surface area contributed by atoms with Gasteiger partial charge in [-0.3, -0.25) is 0 Å². The SMILES string of the molecule is COCC(C)(C)CN. The Hall–Kier alpha value is -0.0800. The van der Waals surface area contributed by atoms with Crippen LogP contribution >= 0.6 is 0 Å². The van der Waals surface area contributed by atoms with E-state index in [1.54, 1.807) is 7.11 Å². The molecule has 0 radical (unpaired) electrons. The number of hydrogen-bond acceptors (Lipinski definition) is 2. The van der Waals surface area contributed by atoms with Crippen LogP contribution < -0.4 is 5.73 Å². The lowest BCUT2D eigenvalue weighted by Crippen LogP contribution is -2.28. The highest BCUT2D eigenvalue weighted by atomic mass is 16.5. The molecule has 50 valence electrons. The summed E-state index contributed by atoms with van der Waals surface area (Å²) in [5.41, 5.74) is 5.56. The average Bonchev–Trinajstić information content (AvgIpc) is 1.67. The van der Waals surface area contributed by atoms with Crippen LogP contribution in [0.2, 0.25) is 0 Å². The van der Waals surface area contributed by atoms with E-state index in [1.165, 1.54) is 0 Å². The molecule has 8 heavy (non-hydrogen) atoms. The first-order valence-corrected chi connectivity index (χ1v) is 2.81. The molecule has 0 bridgehead atoms. The summed E-state index contributed by atoms with van der Waals surface area (Å²) in [4.78, 5) is 0. The Kier molecular flexibility index (Phi) is 3.02. The Balaban J connectivity index is 3.37. The van der Waals surface area contributed by atoms with Crippen molar-refractivity contribution in [3.8, 4) is 0 Å². The lowest BCUT2D eigenvalue weighted by molar-refractivity contribution is 0.110. The first-order chi connectivity index (χ1) is 3.62. The second-order valence-electron chi connectivity index (χ2n) is 2.80. The minimum Gasteiger partial charge on any atom is -0.384 e. The van der Waals surface area contributed by atoms with Crippen LogP contribution in [0, 0.1) is 5.41 Å². The van der Waals surface area contributed by atoms with Gasteiger partial charge in [0.1, 0.15) is 0 Å². The zero-order valence-electron chi connectivity index (χ0n) is 5.90. The molecule has 0 unspecified atom stereocenters. The van der Waals surface area contributed by atoms with Gasteiger partial charge in [-0.15, -0.1) is 0 Å². The van der Waals surface area contributed by atoms with E-state index in [0.717, 1.165) is 6.61 Å². The van der Waals surface area contributed by atoms with Crippen LogP contribution in [0.4, 0.5) is 0 Å². The van der Waals surface area contributed by atoms with E-state index >= 15 is 0 Å². The van der Waals surface area contributed by atoms with Gasteiger partial charge in [-0.25, -0.2) is 0 Å². The predicted octanol–water partition coefficient (Wildman–Crippen LogP) is 0.618. The van der Waals surface area contributed by atoms with Crippen molar-refractivity contribution in [3.05, 3.63) is 0 Å². The Labute approximate surface area is 51.0 Å². The van der Waals surface area contributed by atoms with Gasteiger partial charge in [0.25, 0.3) is 0 Å². The number of hydrogen-bond donors (Lipinski definition) is 1. The topological polar surface area (TPSA) is 35.2 Å². The van der Waals surface area contributed by atoms with Crippen LogP contribution in [0.25, 0.3) is 0 Å². The van der Waals surface area contributed by atoms with Gasteiger partial charge < -0.3 is 10.5 Å². The molecule has 2 N–H and O–H groups in total. The standard InChI is InChI=1S/C6H15NO/c1-6(2,4-7)5-8-3/h4-5,7H2,1-3H3. The lowest BCUT2D eigenvalue weighted by Gasteiger charge is -2.20. The summed E-state index contributed by atoms with van der Waals surface area (Å²) in [7, 11) is 1.69. The smallest absolute Gasteiger partial charge is 0.0525 e. The van der Waals surface area contributed by atoms with Crippen molar-refractivity contribution >= 4 is 0 Å². The van der Waals surface area contributed by atoms with Crippen LogP contribution in [0.1, 0.15) is 13.8 Å². The minimum absolute atomic E-state index is 0.148. The maximum atomic E-state index is 5.41. The maximum absolute atomic E-state index is 5.41. The Morgan fingerprint density at radius 2 is 2.00 bits per heavy atom. The van der Waals surface area contributed by atoms with Crippen molar-refractivity contribution in [1.29, 1.82) is 0 Å². The van der Waals surface area contributed by atoms with Crippen molar-refractivity contribution < 1.29 is 4.74 Å². The fourth-order valence-electron chi connectivity index (χ4n) is 0.450. The summed E-state index contributed by atoms with van der Waals surface area (Å²) in [5.74, 6) is 0. The lowest BCUT2D eigenvalue weighted by atomic mass is 9.96. The highest BCUT2D eigenvalue weighted by molar-refractivity contribution is 4.66. The molecule has 0 saturated carbocycles. The molecule has 0 heterocycles. The predicted molar refractivity (Wildman–Crippen MR) is 34.7 cm³/mol. The van der Waals surface area contributed by atoms with Crippen molar-refractivity contribution in [2.45, 2.75) is 13.8 Å². The van der Waals surface area contributed by atoms with E-state index in [9.17, 15) is 0 Å². The molecule has 2 nitrogen and oxygen atoms in total. The minimum atomic E-state index is 0.148. The van der Waals surface area contributed by atoms with Gasteiger partial charge in [0.05, 0.1) is 6.61 Å². The second kappa shape index (κ2) is 3.05. The highest BCUT2D eigenvalue weighted by Gasteiger charge is 2.13. The zero-order chi connectivity index (χ0) is 6.62. The molecule has 0 fully saturated rings. The van der Waals surface area contributed by atoms with E-state index in [1.807, 2.05) is 0 Å². The quantitative estimate of drug-likeness (QED) is 0.588. The van der Waals surface area contributed by atoms with E-state index < -0.39 is 0 Å². The van der Waals surface area contributed by atoms with Gasteiger partial charge in [-0.05, 0) is 6.54 Å². The number of nitrogens with two attached hydrogens (primary N) is 1. The third kappa shape index (κ3) is 2.99. The molecule has 2 heteroatoms. The van der Waals surface area contributed by atoms with Crippen molar-refractivity contribution in [2.75, 3.05) is 20.3 Å². The molecule has 0 rings (SSSR count). The van der Waals surface area contributed by atoms with Crippen molar-refractivity contribution in [2.24, 2.45) is 11.1 Å². The molecule has 0 spiro atoms. The van der Waals surface area contributed by atoms with Crippen LogP contribution in [-0.2, 0) is 4.74 Å². The first kappa shape index (κ1) is 7.92. The largest absolute Gasteiger partial charge is 0.384 e. The van der Waals surface area contributed by atoms with Crippen LogP contribution in [0.15, 0.2) is 0 Å². The summed E-state index contributed by atoms with van der Waals surface area (Å²) in [5, 5.41) is 0. The van der Waals surface area contributed by atoms with Gasteiger partial charge in [0, 0.05) is 12.5 Å². The first-order valence-electron chi connectivity index (χ1n) is 2.81. The zero-order valence-corrected chi connectivity index (χ0v) is 5.90. The van der Waals surface area contributed by atoms with Crippen molar-refractivity contribution in [1.82, 2.24) is 0 Å². The normalized spacial score (nSPS) is 12.0. The molecule has 0 amide bonds. The van der Waals surface area contributed by atoms with E-state index in [0.29, 0.717) is 6.54 Å². The van der Waals surface area contributed by atoms with Crippen LogP contribution in [0.5, 0.6) is 0 Å². The number of methoxy groups -OCH3 is 1. The summed E-state index contributed by atoms with van der Waals surface area (Å²) < 4.78 is 4.92. The molecule has 0 aromatic heterocycles. The van der Waals surface area contributed by atoms with Crippen LogP contribution in [-0.4, -0.2) is 20.3 Å². The van der Waals surface area contributed by atoms with Gasteiger partial charge in [-0.2, -0.15) is 0 Å². The van der Waals surface area contributed by atoms with Gasteiger partial charge in [0.15, 0.2) is 0 Å². The fourth-order valence-corrected chi connectivity index (χ4v) is 0.450. The number of ether oxygens (including phenoxy) is 1. The molecule has 0 aliphatic rings. The monoisotopic (exact) mass is 117 g/mol. The molecule has 0 aliphatic heterocycles. The molecule has 0 aromatic rings. The van der Waals surface area contributed by atoms with E-state index in [2.05, 4.69) is 13.8 Å².